The second-order valence-corrected chi connectivity index (χ2v) is 4.76. The number of carbonyl (C=O) groups is 1. The molecule has 84 valence electrons. The lowest BCUT2D eigenvalue weighted by Gasteiger charge is -2.21. The number of carboxylic acids is 1. The van der Waals surface area contributed by atoms with E-state index in [0.717, 1.165) is 4.88 Å². The van der Waals surface area contributed by atoms with Crippen molar-refractivity contribution in [1.82, 2.24) is 10.6 Å². The molecule has 0 aromatic carbocycles. The summed E-state index contributed by atoms with van der Waals surface area (Å²) in [6.07, 6.45) is 0. The molecule has 6 heteroatoms. The molecule has 0 saturated carbocycles. The Morgan fingerprint density at radius 3 is 2.47 bits per heavy atom. The first-order chi connectivity index (χ1) is 7.10. The average molecular weight is 249 g/mol. The molecule has 1 rings (SSSR count). The van der Waals surface area contributed by atoms with Gasteiger partial charge in [-0.1, -0.05) is 11.6 Å². The molecule has 0 spiro atoms. The molecule has 4 nitrogen and oxygen atoms in total. The molecule has 0 aliphatic rings. The maximum atomic E-state index is 11.0. The molecule has 1 aromatic rings. The van der Waals surface area contributed by atoms with Crippen molar-refractivity contribution in [3.05, 3.63) is 21.3 Å². The Morgan fingerprint density at radius 2 is 2.13 bits per heavy atom. The van der Waals surface area contributed by atoms with Gasteiger partial charge >= 0.3 is 5.97 Å². The zero-order valence-corrected chi connectivity index (χ0v) is 10.0. The molecule has 0 bridgehead atoms. The summed E-state index contributed by atoms with van der Waals surface area (Å²) in [4.78, 5) is 11.9. The maximum absolute atomic E-state index is 11.0. The second-order valence-electron chi connectivity index (χ2n) is 3.01. The van der Waals surface area contributed by atoms with Gasteiger partial charge in [0.15, 0.2) is 0 Å². The summed E-state index contributed by atoms with van der Waals surface area (Å²) in [6.45, 7) is 0. The minimum atomic E-state index is -0.888. The first kappa shape index (κ1) is 12.4. The SMILES string of the molecule is CNC(C(=O)O)C(NC)c1ccc(Cl)s1. The second kappa shape index (κ2) is 5.46. The fraction of sp³-hybridized carbons (Fsp3) is 0.444. The molecule has 0 radical (unpaired) electrons. The van der Waals surface area contributed by atoms with E-state index in [-0.39, 0.29) is 6.04 Å². The number of aliphatic carboxylic acids is 1. The smallest absolute Gasteiger partial charge is 0.322 e. The van der Waals surface area contributed by atoms with Gasteiger partial charge in [-0.2, -0.15) is 0 Å². The van der Waals surface area contributed by atoms with E-state index in [9.17, 15) is 4.79 Å². The lowest BCUT2D eigenvalue weighted by Crippen LogP contribution is -2.44. The third-order valence-corrected chi connectivity index (χ3v) is 3.44. The predicted octanol–water partition coefficient (Wildman–Crippen LogP) is 1.33. The number of hydrogen-bond acceptors (Lipinski definition) is 4. The van der Waals surface area contributed by atoms with Crippen LogP contribution in [0.1, 0.15) is 10.9 Å². The van der Waals surface area contributed by atoms with Crippen LogP contribution >= 0.6 is 22.9 Å². The van der Waals surface area contributed by atoms with Crippen molar-refractivity contribution in [3.8, 4) is 0 Å². The van der Waals surface area contributed by atoms with Gasteiger partial charge < -0.3 is 15.7 Å². The molecule has 0 fully saturated rings. The number of hydrogen-bond donors (Lipinski definition) is 3. The quantitative estimate of drug-likeness (QED) is 0.736. The Kier molecular flexibility index (Phi) is 4.53. The van der Waals surface area contributed by atoms with Gasteiger partial charge in [0.2, 0.25) is 0 Å². The zero-order valence-electron chi connectivity index (χ0n) is 8.45. The Bertz CT molecular complexity index is 343. The van der Waals surface area contributed by atoms with Crippen LogP contribution in [-0.4, -0.2) is 31.2 Å². The van der Waals surface area contributed by atoms with Crippen molar-refractivity contribution in [2.24, 2.45) is 0 Å². The summed E-state index contributed by atoms with van der Waals surface area (Å²) in [6, 6.07) is 2.66. The molecule has 0 saturated heterocycles. The van der Waals surface area contributed by atoms with Crippen LogP contribution in [0.4, 0.5) is 0 Å². The fourth-order valence-corrected chi connectivity index (χ4v) is 2.61. The Labute approximate surface area is 97.3 Å². The highest BCUT2D eigenvalue weighted by molar-refractivity contribution is 7.16. The standard InChI is InChI=1S/C9H13ClN2O2S/c1-11-7(8(12-2)9(13)14)5-3-4-6(10)15-5/h3-4,7-8,11-12H,1-2H3,(H,13,14). The van der Waals surface area contributed by atoms with Crippen molar-refractivity contribution in [2.75, 3.05) is 14.1 Å². The van der Waals surface area contributed by atoms with Crippen LogP contribution in [0.5, 0.6) is 0 Å². The van der Waals surface area contributed by atoms with Crippen LogP contribution < -0.4 is 10.6 Å². The van der Waals surface area contributed by atoms with Crippen LogP contribution in [0, 0.1) is 0 Å². The number of thiophene rings is 1. The van der Waals surface area contributed by atoms with E-state index < -0.39 is 12.0 Å². The molecule has 1 aromatic heterocycles. The van der Waals surface area contributed by atoms with Crippen molar-refractivity contribution >= 4 is 28.9 Å². The molecule has 2 atom stereocenters. The normalized spacial score (nSPS) is 14.9. The summed E-state index contributed by atoms with van der Waals surface area (Å²) >= 11 is 7.19. The molecular formula is C9H13ClN2O2S. The highest BCUT2D eigenvalue weighted by Crippen LogP contribution is 2.28. The van der Waals surface area contributed by atoms with Crippen LogP contribution in [0.25, 0.3) is 0 Å². The number of carboxylic acid groups (broad SMARTS) is 1. The summed E-state index contributed by atoms with van der Waals surface area (Å²) in [5.41, 5.74) is 0. The Hall–Kier alpha value is -0.620. The van der Waals surface area contributed by atoms with E-state index in [1.165, 1.54) is 11.3 Å². The van der Waals surface area contributed by atoms with Crippen molar-refractivity contribution in [3.63, 3.8) is 0 Å². The summed E-state index contributed by atoms with van der Waals surface area (Å²) < 4.78 is 0.658. The minimum Gasteiger partial charge on any atom is -0.480 e. The predicted molar refractivity (Wildman–Crippen MR) is 61.6 cm³/mol. The van der Waals surface area contributed by atoms with E-state index in [2.05, 4.69) is 10.6 Å². The van der Waals surface area contributed by atoms with E-state index >= 15 is 0 Å². The van der Waals surface area contributed by atoms with Crippen LogP contribution in [-0.2, 0) is 4.79 Å². The van der Waals surface area contributed by atoms with Gasteiger partial charge in [0.1, 0.15) is 6.04 Å². The third kappa shape index (κ3) is 2.92. The van der Waals surface area contributed by atoms with E-state index in [1.807, 2.05) is 6.07 Å². The van der Waals surface area contributed by atoms with Gasteiger partial charge in [0, 0.05) is 4.88 Å². The Morgan fingerprint density at radius 1 is 1.47 bits per heavy atom. The summed E-state index contributed by atoms with van der Waals surface area (Å²) in [5.74, 6) is -0.888. The van der Waals surface area contributed by atoms with Crippen molar-refractivity contribution in [1.29, 1.82) is 0 Å². The Balaban J connectivity index is 2.91. The van der Waals surface area contributed by atoms with Gasteiger partial charge in [0.25, 0.3) is 0 Å². The van der Waals surface area contributed by atoms with Gasteiger partial charge in [-0.05, 0) is 26.2 Å². The molecule has 2 unspecified atom stereocenters. The minimum absolute atomic E-state index is 0.273. The zero-order chi connectivity index (χ0) is 11.4. The number of halogens is 1. The van der Waals surface area contributed by atoms with Crippen molar-refractivity contribution < 1.29 is 9.90 Å². The topological polar surface area (TPSA) is 61.4 Å². The van der Waals surface area contributed by atoms with Crippen LogP contribution in [0.15, 0.2) is 12.1 Å². The molecular weight excluding hydrogens is 236 g/mol. The monoisotopic (exact) mass is 248 g/mol. The van der Waals surface area contributed by atoms with E-state index in [4.69, 9.17) is 16.7 Å². The van der Waals surface area contributed by atoms with Gasteiger partial charge in [-0.3, -0.25) is 4.79 Å². The lowest BCUT2D eigenvalue weighted by molar-refractivity contribution is -0.140. The van der Waals surface area contributed by atoms with E-state index in [0.29, 0.717) is 4.34 Å². The van der Waals surface area contributed by atoms with Gasteiger partial charge in [-0.15, -0.1) is 11.3 Å². The number of nitrogens with one attached hydrogen (secondary N) is 2. The van der Waals surface area contributed by atoms with Gasteiger partial charge in [-0.25, -0.2) is 0 Å². The molecule has 15 heavy (non-hydrogen) atoms. The first-order valence-electron chi connectivity index (χ1n) is 4.42. The lowest BCUT2D eigenvalue weighted by atomic mass is 10.1. The first-order valence-corrected chi connectivity index (χ1v) is 5.62. The van der Waals surface area contributed by atoms with E-state index in [1.54, 1.807) is 20.2 Å². The number of likely N-dealkylation sites (N-methyl/N-ethyl adjacent to an activating group) is 2. The summed E-state index contributed by atoms with van der Waals surface area (Å²) in [5, 5.41) is 14.7. The highest BCUT2D eigenvalue weighted by Gasteiger charge is 2.27. The number of rotatable bonds is 5. The molecule has 0 aliphatic heterocycles. The van der Waals surface area contributed by atoms with Crippen molar-refractivity contribution in [2.45, 2.75) is 12.1 Å². The molecule has 3 N–H and O–H groups in total. The third-order valence-electron chi connectivity index (χ3n) is 2.12. The fourth-order valence-electron chi connectivity index (χ4n) is 1.40. The van der Waals surface area contributed by atoms with Crippen LogP contribution in [0.3, 0.4) is 0 Å². The molecule has 0 amide bonds. The largest absolute Gasteiger partial charge is 0.480 e. The average Bonchev–Trinajstić information content (AvgIpc) is 2.60. The molecule has 1 heterocycles. The van der Waals surface area contributed by atoms with Crippen LogP contribution in [0.2, 0.25) is 4.34 Å². The highest BCUT2D eigenvalue weighted by atomic mass is 35.5. The molecule has 0 aliphatic carbocycles. The maximum Gasteiger partial charge on any atom is 0.322 e. The van der Waals surface area contributed by atoms with Gasteiger partial charge in [0.05, 0.1) is 10.4 Å². The summed E-state index contributed by atoms with van der Waals surface area (Å²) in [7, 11) is 3.35.